The number of aromatic hydroxyl groups is 1. The van der Waals surface area contributed by atoms with Gasteiger partial charge in [0.1, 0.15) is 5.75 Å². The van der Waals surface area contributed by atoms with Crippen LogP contribution < -0.4 is 5.32 Å². The number of phenolic OH excluding ortho intramolecular Hbond substituents is 1. The predicted molar refractivity (Wildman–Crippen MR) is 100 cm³/mol. The van der Waals surface area contributed by atoms with Gasteiger partial charge in [-0.3, -0.25) is 4.79 Å². The van der Waals surface area contributed by atoms with Gasteiger partial charge < -0.3 is 10.4 Å². The highest BCUT2D eigenvalue weighted by Gasteiger charge is 2.24. The van der Waals surface area contributed by atoms with Gasteiger partial charge in [-0.25, -0.2) is 4.99 Å². The molecular weight excluding hydrogens is 367 g/mol. The Morgan fingerprint density at radius 1 is 1.25 bits per heavy atom. The molecule has 1 fully saturated rings. The van der Waals surface area contributed by atoms with Gasteiger partial charge in [-0.1, -0.05) is 41.4 Å². The second-order valence-corrected chi connectivity index (χ2v) is 6.91. The molecule has 2 aromatic rings. The van der Waals surface area contributed by atoms with Crippen LogP contribution in [0.4, 0.5) is 5.69 Å². The van der Waals surface area contributed by atoms with E-state index in [1.165, 1.54) is 17.8 Å². The molecule has 1 heterocycles. The third-order valence-corrected chi connectivity index (χ3v) is 5.06. The zero-order valence-corrected chi connectivity index (χ0v) is 14.8. The number of halogens is 2. The van der Waals surface area contributed by atoms with E-state index in [4.69, 9.17) is 23.2 Å². The summed E-state index contributed by atoms with van der Waals surface area (Å²) in [5.74, 6) is -0.297. The maximum atomic E-state index is 12.1. The molecule has 0 bridgehead atoms. The van der Waals surface area contributed by atoms with Crippen LogP contribution in [0.2, 0.25) is 10.0 Å². The van der Waals surface area contributed by atoms with E-state index >= 15 is 0 Å². The highest BCUT2D eigenvalue weighted by atomic mass is 35.5. The Bertz CT molecular complexity index is 894. The van der Waals surface area contributed by atoms with Gasteiger partial charge in [0, 0.05) is 5.02 Å². The van der Waals surface area contributed by atoms with Crippen LogP contribution >= 0.6 is 35.0 Å². The minimum Gasteiger partial charge on any atom is -0.506 e. The molecule has 1 amide bonds. The Kier molecular flexibility index (Phi) is 4.85. The van der Waals surface area contributed by atoms with Crippen molar-refractivity contribution < 1.29 is 9.90 Å². The van der Waals surface area contributed by atoms with Gasteiger partial charge in [0.15, 0.2) is 5.17 Å². The molecule has 0 aliphatic carbocycles. The summed E-state index contributed by atoms with van der Waals surface area (Å²) in [5.41, 5.74) is 2.18. The van der Waals surface area contributed by atoms with Crippen LogP contribution in [-0.4, -0.2) is 16.2 Å². The van der Waals surface area contributed by atoms with Crippen molar-refractivity contribution in [2.45, 2.75) is 6.92 Å². The number of benzene rings is 2. The summed E-state index contributed by atoms with van der Waals surface area (Å²) in [7, 11) is 0. The number of aliphatic imine (C=N–C) groups is 1. The Labute approximate surface area is 153 Å². The van der Waals surface area contributed by atoms with Crippen molar-refractivity contribution in [3.05, 3.63) is 62.5 Å². The van der Waals surface area contributed by atoms with E-state index in [-0.39, 0.29) is 16.7 Å². The number of thioether (sulfide) groups is 1. The van der Waals surface area contributed by atoms with Crippen molar-refractivity contribution in [2.24, 2.45) is 4.99 Å². The van der Waals surface area contributed by atoms with Crippen LogP contribution in [0.25, 0.3) is 6.08 Å². The second-order valence-electron chi connectivity index (χ2n) is 5.10. The molecule has 4 nitrogen and oxygen atoms in total. The first kappa shape index (κ1) is 16.9. The molecule has 0 spiro atoms. The average Bonchev–Trinajstić information content (AvgIpc) is 2.87. The van der Waals surface area contributed by atoms with Gasteiger partial charge in [-0.2, -0.15) is 0 Å². The lowest BCUT2D eigenvalue weighted by atomic mass is 10.2. The first-order valence-corrected chi connectivity index (χ1v) is 8.54. The largest absolute Gasteiger partial charge is 0.506 e. The van der Waals surface area contributed by atoms with Crippen LogP contribution in [0, 0.1) is 6.92 Å². The van der Waals surface area contributed by atoms with Crippen LogP contribution in [0.15, 0.2) is 46.3 Å². The highest BCUT2D eigenvalue weighted by Crippen LogP contribution is 2.33. The number of rotatable bonds is 2. The molecule has 0 aromatic heterocycles. The van der Waals surface area contributed by atoms with Crippen molar-refractivity contribution >= 4 is 57.8 Å². The maximum absolute atomic E-state index is 12.1. The molecule has 2 N–H and O–H groups in total. The number of nitrogens with one attached hydrogen (secondary N) is 1. The number of nitrogens with zero attached hydrogens (tertiary/aromatic N) is 1. The number of amides is 1. The molecule has 7 heteroatoms. The minimum atomic E-state index is -0.267. The molecule has 24 heavy (non-hydrogen) atoms. The number of hydrogen-bond acceptors (Lipinski definition) is 4. The number of carbonyl (C=O) groups is 1. The lowest BCUT2D eigenvalue weighted by Gasteiger charge is -2.01. The molecule has 2 aromatic carbocycles. The molecular formula is C17H12Cl2N2O2S. The van der Waals surface area contributed by atoms with Crippen molar-refractivity contribution in [3.63, 3.8) is 0 Å². The Balaban J connectivity index is 1.88. The summed E-state index contributed by atoms with van der Waals surface area (Å²) in [6.45, 7) is 1.91. The van der Waals surface area contributed by atoms with Crippen molar-refractivity contribution in [1.29, 1.82) is 0 Å². The molecule has 122 valence electrons. The summed E-state index contributed by atoms with van der Waals surface area (Å²) in [6, 6.07) is 10.3. The number of hydrogen-bond donors (Lipinski definition) is 2. The quantitative estimate of drug-likeness (QED) is 0.730. The van der Waals surface area contributed by atoms with E-state index < -0.39 is 0 Å². The maximum Gasteiger partial charge on any atom is 0.264 e. The first-order valence-electron chi connectivity index (χ1n) is 6.97. The van der Waals surface area contributed by atoms with Gasteiger partial charge in [-0.15, -0.1) is 0 Å². The monoisotopic (exact) mass is 378 g/mol. The van der Waals surface area contributed by atoms with Crippen molar-refractivity contribution in [1.82, 2.24) is 5.32 Å². The van der Waals surface area contributed by atoms with Gasteiger partial charge in [0.2, 0.25) is 0 Å². The summed E-state index contributed by atoms with van der Waals surface area (Å²) in [4.78, 5) is 16.9. The topological polar surface area (TPSA) is 61.7 Å². The SMILES string of the molecule is Cc1ccc(N=C2NC(=O)C(=Cc3cccc(O)c3Cl)S2)cc1Cl. The van der Waals surface area contributed by atoms with Crippen molar-refractivity contribution in [3.8, 4) is 5.75 Å². The zero-order chi connectivity index (χ0) is 17.3. The van der Waals surface area contributed by atoms with E-state index in [0.29, 0.717) is 26.3 Å². The first-order chi connectivity index (χ1) is 11.4. The summed E-state index contributed by atoms with van der Waals surface area (Å²) >= 11 is 13.3. The van der Waals surface area contributed by atoms with Gasteiger partial charge in [0.25, 0.3) is 5.91 Å². The number of phenols is 1. The lowest BCUT2D eigenvalue weighted by molar-refractivity contribution is -0.115. The summed E-state index contributed by atoms with van der Waals surface area (Å²) < 4.78 is 0. The predicted octanol–water partition coefficient (Wildman–Crippen LogP) is 4.90. The minimum absolute atomic E-state index is 0.0300. The molecule has 0 radical (unpaired) electrons. The Morgan fingerprint density at radius 2 is 2.04 bits per heavy atom. The molecule has 1 aliphatic rings. The molecule has 0 atom stereocenters. The molecule has 1 saturated heterocycles. The molecule has 3 rings (SSSR count). The fourth-order valence-corrected chi connectivity index (χ4v) is 3.23. The smallest absolute Gasteiger partial charge is 0.264 e. The highest BCUT2D eigenvalue weighted by molar-refractivity contribution is 8.18. The molecule has 1 aliphatic heterocycles. The van der Waals surface area contributed by atoms with E-state index in [9.17, 15) is 9.90 Å². The summed E-state index contributed by atoms with van der Waals surface area (Å²) in [6.07, 6.45) is 1.62. The Morgan fingerprint density at radius 3 is 2.79 bits per heavy atom. The third-order valence-electron chi connectivity index (χ3n) is 3.33. The molecule has 0 unspecified atom stereocenters. The normalized spacial score (nSPS) is 17.5. The average molecular weight is 379 g/mol. The van der Waals surface area contributed by atoms with Crippen LogP contribution in [0.3, 0.4) is 0 Å². The zero-order valence-electron chi connectivity index (χ0n) is 12.5. The van der Waals surface area contributed by atoms with E-state index in [1.54, 1.807) is 24.3 Å². The van der Waals surface area contributed by atoms with Gasteiger partial charge in [0.05, 0.1) is 15.6 Å². The number of aryl methyl sites for hydroxylation is 1. The molecule has 0 saturated carbocycles. The lowest BCUT2D eigenvalue weighted by Crippen LogP contribution is -2.19. The van der Waals surface area contributed by atoms with E-state index in [1.807, 2.05) is 19.1 Å². The number of carbonyl (C=O) groups excluding carboxylic acids is 1. The third kappa shape index (κ3) is 3.59. The fraction of sp³-hybridized carbons (Fsp3) is 0.0588. The van der Waals surface area contributed by atoms with Crippen LogP contribution in [-0.2, 0) is 4.79 Å². The van der Waals surface area contributed by atoms with Gasteiger partial charge in [-0.05, 0) is 54.1 Å². The Hall–Kier alpha value is -1.95. The standard InChI is InChI=1S/C17H12Cl2N2O2S/c1-9-5-6-11(8-12(9)18)20-17-21-16(23)14(24-17)7-10-3-2-4-13(22)15(10)19/h2-8,22H,1H3,(H,20,21,23). The van der Waals surface area contributed by atoms with Crippen LogP contribution in [0.1, 0.15) is 11.1 Å². The van der Waals surface area contributed by atoms with Crippen molar-refractivity contribution in [2.75, 3.05) is 0 Å². The van der Waals surface area contributed by atoms with Crippen LogP contribution in [0.5, 0.6) is 5.75 Å². The number of amidine groups is 1. The summed E-state index contributed by atoms with van der Waals surface area (Å²) in [5, 5.41) is 13.6. The fourth-order valence-electron chi connectivity index (χ4n) is 2.04. The second kappa shape index (κ2) is 6.89. The van der Waals surface area contributed by atoms with E-state index in [0.717, 1.165) is 5.56 Å². The van der Waals surface area contributed by atoms with E-state index in [2.05, 4.69) is 10.3 Å². The van der Waals surface area contributed by atoms with Gasteiger partial charge >= 0.3 is 0 Å².